The number of amides is 1. The van der Waals surface area contributed by atoms with Crippen molar-refractivity contribution in [1.29, 1.82) is 0 Å². The molecule has 15 heavy (non-hydrogen) atoms. The number of hydrogen-bond donors (Lipinski definition) is 1. The van der Waals surface area contributed by atoms with Gasteiger partial charge in [0.15, 0.2) is 0 Å². The molecule has 5 heteroatoms. The second-order valence-corrected chi connectivity index (χ2v) is 5.98. The van der Waals surface area contributed by atoms with Gasteiger partial charge in [-0.15, -0.1) is 0 Å². The summed E-state index contributed by atoms with van der Waals surface area (Å²) in [4.78, 5) is 11.5. The van der Waals surface area contributed by atoms with E-state index in [0.717, 1.165) is 12.0 Å². The van der Waals surface area contributed by atoms with Crippen LogP contribution in [0, 0.1) is 0 Å². The number of carbonyl (C=O) groups excluding carboxylic acids is 1. The molecule has 0 bridgehead atoms. The van der Waals surface area contributed by atoms with Crippen molar-refractivity contribution in [1.82, 2.24) is 15.1 Å². The third-order valence-electron chi connectivity index (χ3n) is 2.00. The van der Waals surface area contributed by atoms with E-state index in [4.69, 9.17) is 0 Å². The maximum atomic E-state index is 11.5. The Kier molecular flexibility index (Phi) is 3.90. The van der Waals surface area contributed by atoms with Gasteiger partial charge in [-0.1, -0.05) is 15.9 Å². The third-order valence-corrected chi connectivity index (χ3v) is 2.36. The molecule has 1 heterocycles. The highest BCUT2D eigenvalue weighted by molar-refractivity contribution is 9.10. The summed E-state index contributed by atoms with van der Waals surface area (Å²) in [5.74, 6) is 0.00592. The Morgan fingerprint density at radius 1 is 1.67 bits per heavy atom. The number of rotatable bonds is 4. The summed E-state index contributed by atoms with van der Waals surface area (Å²) >= 11 is 3.31. The molecule has 0 aliphatic heterocycles. The van der Waals surface area contributed by atoms with Gasteiger partial charge in [-0.3, -0.25) is 9.48 Å². The summed E-state index contributed by atoms with van der Waals surface area (Å²) in [6.45, 7) is 4.29. The lowest BCUT2D eigenvalue weighted by molar-refractivity contribution is -0.122. The average molecular weight is 274 g/mol. The van der Waals surface area contributed by atoms with Crippen LogP contribution in [0.5, 0.6) is 0 Å². The van der Waals surface area contributed by atoms with Crippen molar-refractivity contribution in [2.75, 3.05) is 6.54 Å². The summed E-state index contributed by atoms with van der Waals surface area (Å²) in [5.41, 5.74) is 1.13. The Labute approximate surface area is 98.2 Å². The van der Waals surface area contributed by atoms with Crippen LogP contribution in [0.25, 0.3) is 0 Å². The van der Waals surface area contributed by atoms with Crippen LogP contribution in [0.4, 0.5) is 0 Å². The summed E-state index contributed by atoms with van der Waals surface area (Å²) in [6.07, 6.45) is 4.57. The van der Waals surface area contributed by atoms with Gasteiger partial charge in [0.25, 0.3) is 0 Å². The van der Waals surface area contributed by atoms with Gasteiger partial charge in [-0.05, 0) is 25.8 Å². The molecule has 1 aromatic rings. The average Bonchev–Trinajstić information content (AvgIpc) is 2.49. The van der Waals surface area contributed by atoms with Crippen LogP contribution in [-0.4, -0.2) is 26.6 Å². The summed E-state index contributed by atoms with van der Waals surface area (Å²) in [6, 6.07) is 0. The second-order valence-electron chi connectivity index (χ2n) is 4.00. The molecule has 1 N–H and O–H groups in total. The van der Waals surface area contributed by atoms with Gasteiger partial charge in [0.05, 0.1) is 10.5 Å². The minimum absolute atomic E-state index is 0.00592. The quantitative estimate of drug-likeness (QED) is 0.840. The van der Waals surface area contributed by atoms with Gasteiger partial charge in [0, 0.05) is 19.8 Å². The first-order valence-corrected chi connectivity index (χ1v) is 5.63. The topological polar surface area (TPSA) is 46.9 Å². The fourth-order valence-corrected chi connectivity index (χ4v) is 1.27. The monoisotopic (exact) mass is 273 g/mol. The number of halogens is 1. The van der Waals surface area contributed by atoms with E-state index in [-0.39, 0.29) is 5.91 Å². The fraction of sp³-hybridized carbons (Fsp3) is 0.600. The van der Waals surface area contributed by atoms with Gasteiger partial charge < -0.3 is 5.32 Å². The Bertz CT molecular complexity index is 341. The highest BCUT2D eigenvalue weighted by atomic mass is 79.9. The molecule has 0 unspecified atom stereocenters. The molecule has 84 valence electrons. The zero-order valence-electron chi connectivity index (χ0n) is 9.25. The van der Waals surface area contributed by atoms with Crippen molar-refractivity contribution < 1.29 is 4.79 Å². The lowest BCUT2D eigenvalue weighted by atomic mass is 10.2. The zero-order chi connectivity index (χ0) is 11.5. The van der Waals surface area contributed by atoms with Crippen LogP contribution >= 0.6 is 15.9 Å². The number of hydrogen-bond acceptors (Lipinski definition) is 2. The van der Waals surface area contributed by atoms with E-state index in [0.29, 0.717) is 6.54 Å². The highest BCUT2D eigenvalue weighted by Crippen LogP contribution is 2.15. The maximum Gasteiger partial charge on any atom is 0.236 e. The minimum atomic E-state index is -0.498. The smallest absolute Gasteiger partial charge is 0.236 e. The van der Waals surface area contributed by atoms with E-state index in [9.17, 15) is 4.79 Å². The van der Waals surface area contributed by atoms with Gasteiger partial charge in [-0.25, -0.2) is 0 Å². The highest BCUT2D eigenvalue weighted by Gasteiger charge is 2.22. The van der Waals surface area contributed by atoms with Crippen LogP contribution < -0.4 is 5.32 Å². The van der Waals surface area contributed by atoms with Crippen molar-refractivity contribution >= 4 is 21.8 Å². The Morgan fingerprint density at radius 2 is 2.33 bits per heavy atom. The normalized spacial score (nSPS) is 11.5. The van der Waals surface area contributed by atoms with Crippen molar-refractivity contribution in [2.24, 2.45) is 7.05 Å². The van der Waals surface area contributed by atoms with E-state index in [1.807, 2.05) is 33.3 Å². The first kappa shape index (κ1) is 12.2. The molecule has 0 aliphatic carbocycles. The molecule has 4 nitrogen and oxygen atoms in total. The second kappa shape index (κ2) is 4.79. The van der Waals surface area contributed by atoms with E-state index in [1.54, 1.807) is 4.68 Å². The molecule has 0 fully saturated rings. The van der Waals surface area contributed by atoms with Gasteiger partial charge in [-0.2, -0.15) is 5.10 Å². The number of nitrogens with zero attached hydrogens (tertiary/aromatic N) is 2. The first-order valence-electron chi connectivity index (χ1n) is 4.84. The molecule has 0 spiro atoms. The van der Waals surface area contributed by atoms with Crippen molar-refractivity contribution in [2.45, 2.75) is 24.6 Å². The minimum Gasteiger partial charge on any atom is -0.355 e. The van der Waals surface area contributed by atoms with Crippen molar-refractivity contribution in [3.8, 4) is 0 Å². The molecule has 1 aromatic heterocycles. The number of alkyl halides is 1. The third kappa shape index (κ3) is 4.03. The molecular weight excluding hydrogens is 258 g/mol. The molecule has 0 aliphatic rings. The molecular formula is C10H16BrN3O. The van der Waals surface area contributed by atoms with E-state index in [2.05, 4.69) is 26.3 Å². The molecule has 1 rings (SSSR count). The van der Waals surface area contributed by atoms with Crippen LogP contribution in [-0.2, 0) is 18.3 Å². The number of aromatic nitrogens is 2. The number of carbonyl (C=O) groups is 1. The Balaban J connectivity index is 2.31. The standard InChI is InChI=1S/C10H16BrN3O/c1-10(2,11)9(15)12-5-4-8-6-13-14(3)7-8/h6-7H,4-5H2,1-3H3,(H,12,15). The van der Waals surface area contributed by atoms with Crippen molar-refractivity contribution in [3.63, 3.8) is 0 Å². The Hall–Kier alpha value is -0.840. The van der Waals surface area contributed by atoms with E-state index in [1.165, 1.54) is 0 Å². The van der Waals surface area contributed by atoms with Gasteiger partial charge >= 0.3 is 0 Å². The molecule has 0 atom stereocenters. The summed E-state index contributed by atoms with van der Waals surface area (Å²) < 4.78 is 1.26. The lowest BCUT2D eigenvalue weighted by Crippen LogP contribution is -2.38. The predicted molar refractivity (Wildman–Crippen MR) is 62.9 cm³/mol. The van der Waals surface area contributed by atoms with E-state index >= 15 is 0 Å². The van der Waals surface area contributed by atoms with E-state index < -0.39 is 4.32 Å². The molecule has 0 saturated carbocycles. The summed E-state index contributed by atoms with van der Waals surface area (Å²) in [7, 11) is 1.88. The van der Waals surface area contributed by atoms with Crippen LogP contribution in [0.2, 0.25) is 0 Å². The number of aryl methyl sites for hydroxylation is 1. The fourth-order valence-electron chi connectivity index (χ4n) is 1.13. The summed E-state index contributed by atoms with van der Waals surface area (Å²) in [5, 5.41) is 6.92. The van der Waals surface area contributed by atoms with Crippen LogP contribution in [0.3, 0.4) is 0 Å². The van der Waals surface area contributed by atoms with Crippen LogP contribution in [0.1, 0.15) is 19.4 Å². The number of nitrogens with one attached hydrogen (secondary N) is 1. The molecule has 0 aromatic carbocycles. The van der Waals surface area contributed by atoms with Crippen molar-refractivity contribution in [3.05, 3.63) is 18.0 Å². The molecule has 1 amide bonds. The molecule has 0 saturated heterocycles. The predicted octanol–water partition coefficient (Wildman–Crippen LogP) is 1.25. The maximum absolute atomic E-state index is 11.5. The zero-order valence-corrected chi connectivity index (χ0v) is 10.8. The largest absolute Gasteiger partial charge is 0.355 e. The lowest BCUT2D eigenvalue weighted by Gasteiger charge is -2.15. The Morgan fingerprint density at radius 3 is 2.80 bits per heavy atom. The van der Waals surface area contributed by atoms with Gasteiger partial charge in [0.1, 0.15) is 0 Å². The molecule has 0 radical (unpaired) electrons. The SMILES string of the molecule is Cn1cc(CCNC(=O)C(C)(C)Br)cn1. The van der Waals surface area contributed by atoms with Gasteiger partial charge in [0.2, 0.25) is 5.91 Å². The first-order chi connectivity index (χ1) is 6.89. The van der Waals surface area contributed by atoms with Crippen LogP contribution in [0.15, 0.2) is 12.4 Å².